The van der Waals surface area contributed by atoms with Gasteiger partial charge in [0.25, 0.3) is 0 Å². The third-order valence-electron chi connectivity index (χ3n) is 6.14. The van der Waals surface area contributed by atoms with E-state index in [0.29, 0.717) is 10.6 Å². The van der Waals surface area contributed by atoms with E-state index in [2.05, 4.69) is 9.80 Å². The second-order valence-corrected chi connectivity index (χ2v) is 8.88. The van der Waals surface area contributed by atoms with Crippen LogP contribution in [-0.4, -0.2) is 48.1 Å². The molecule has 0 saturated carbocycles. The van der Waals surface area contributed by atoms with Gasteiger partial charge in [-0.2, -0.15) is 0 Å². The van der Waals surface area contributed by atoms with Crippen molar-refractivity contribution in [2.45, 2.75) is 19.2 Å². The minimum absolute atomic E-state index is 0.108. The summed E-state index contributed by atoms with van der Waals surface area (Å²) in [6.45, 7) is 4.95. The van der Waals surface area contributed by atoms with Crippen molar-refractivity contribution < 1.29 is 18.4 Å². The molecule has 162 valence electrons. The van der Waals surface area contributed by atoms with Gasteiger partial charge in [0.15, 0.2) is 0 Å². The number of furan rings is 2. The van der Waals surface area contributed by atoms with Crippen LogP contribution in [0.2, 0.25) is 5.02 Å². The number of benzene rings is 1. The molecule has 2 aromatic heterocycles. The summed E-state index contributed by atoms with van der Waals surface area (Å²) in [5.41, 5.74) is 0.535. The zero-order chi connectivity index (χ0) is 21.2. The molecule has 2 saturated heterocycles. The molecule has 31 heavy (non-hydrogen) atoms. The first kappa shape index (κ1) is 20.4. The second kappa shape index (κ2) is 8.91. The number of piperidine rings is 2. The fraction of sp³-hybridized carbons (Fsp3) is 0.375. The highest BCUT2D eigenvalue weighted by atomic mass is 35.5. The molecule has 2 aliphatic heterocycles. The molecule has 0 spiro atoms. The number of rotatable bonds is 6. The molecule has 0 radical (unpaired) electrons. The predicted molar refractivity (Wildman–Crippen MR) is 116 cm³/mol. The molecule has 0 unspecified atom stereocenters. The van der Waals surface area contributed by atoms with Crippen molar-refractivity contribution in [3.8, 4) is 0 Å². The number of nitrogens with zero attached hydrogens (tertiary/aromatic N) is 2. The van der Waals surface area contributed by atoms with Gasteiger partial charge in [0.05, 0.1) is 31.2 Å². The molecule has 2 bridgehead atoms. The van der Waals surface area contributed by atoms with Crippen LogP contribution in [0.1, 0.15) is 21.9 Å². The number of carbonyl (C=O) groups is 1. The molecule has 2 aliphatic rings. The van der Waals surface area contributed by atoms with E-state index in [1.807, 2.05) is 24.3 Å². The molecule has 0 N–H and O–H groups in total. The minimum Gasteiger partial charge on any atom is -0.468 e. The first-order valence-corrected chi connectivity index (χ1v) is 11.0. The minimum atomic E-state index is -0.282. The Bertz CT molecular complexity index is 923. The zero-order valence-corrected chi connectivity index (χ0v) is 17.9. The van der Waals surface area contributed by atoms with Crippen LogP contribution in [0.3, 0.4) is 0 Å². The lowest BCUT2D eigenvalue weighted by molar-refractivity contribution is -0.0938. The fourth-order valence-electron chi connectivity index (χ4n) is 4.87. The summed E-state index contributed by atoms with van der Waals surface area (Å²) in [7, 11) is 0. The predicted octanol–water partition coefficient (Wildman–Crippen LogP) is 4.32. The quantitative estimate of drug-likeness (QED) is 0.532. The molecule has 6 nitrogen and oxygen atoms in total. The standard InChI is InChI=1S/C24H25ClN2O4/c25-20-7-5-17(6-8-20)24(28)31-23-18-11-26(15-21-3-1-9-29-21)12-19(23)14-27(13-18)16-22-4-2-10-30-22/h1-10,18-19,23H,11-16H2. The first-order valence-electron chi connectivity index (χ1n) is 10.6. The van der Waals surface area contributed by atoms with Gasteiger partial charge in [0.1, 0.15) is 17.6 Å². The van der Waals surface area contributed by atoms with Crippen LogP contribution in [0.25, 0.3) is 0 Å². The summed E-state index contributed by atoms with van der Waals surface area (Å²) in [5, 5.41) is 0.605. The molecule has 0 aliphatic carbocycles. The number of hydrogen-bond acceptors (Lipinski definition) is 6. The van der Waals surface area contributed by atoms with Crippen LogP contribution < -0.4 is 0 Å². The fourth-order valence-corrected chi connectivity index (χ4v) is 4.99. The van der Waals surface area contributed by atoms with Crippen molar-refractivity contribution in [3.63, 3.8) is 0 Å². The van der Waals surface area contributed by atoms with E-state index in [9.17, 15) is 4.79 Å². The van der Waals surface area contributed by atoms with Gasteiger partial charge >= 0.3 is 5.97 Å². The number of fused-ring (bicyclic) bond motifs is 2. The van der Waals surface area contributed by atoms with E-state index in [-0.39, 0.29) is 23.9 Å². The van der Waals surface area contributed by atoms with E-state index >= 15 is 0 Å². The van der Waals surface area contributed by atoms with Gasteiger partial charge in [0.2, 0.25) is 0 Å². The maximum Gasteiger partial charge on any atom is 0.338 e. The number of hydrogen-bond donors (Lipinski definition) is 0. The van der Waals surface area contributed by atoms with Gasteiger partial charge < -0.3 is 13.6 Å². The number of halogens is 1. The van der Waals surface area contributed by atoms with Crippen molar-refractivity contribution >= 4 is 17.6 Å². The highest BCUT2D eigenvalue weighted by Crippen LogP contribution is 2.33. The largest absolute Gasteiger partial charge is 0.468 e. The average molecular weight is 441 g/mol. The zero-order valence-electron chi connectivity index (χ0n) is 17.2. The van der Waals surface area contributed by atoms with Crippen molar-refractivity contribution in [2.75, 3.05) is 26.2 Å². The van der Waals surface area contributed by atoms with Gasteiger partial charge in [-0.25, -0.2) is 4.79 Å². The van der Waals surface area contributed by atoms with Crippen LogP contribution >= 0.6 is 11.6 Å². The van der Waals surface area contributed by atoms with E-state index in [1.165, 1.54) is 0 Å². The Morgan fingerprint density at radius 2 is 1.39 bits per heavy atom. The molecule has 3 aromatic rings. The Morgan fingerprint density at radius 1 is 0.871 bits per heavy atom. The molecule has 7 heteroatoms. The van der Waals surface area contributed by atoms with Gasteiger partial charge in [-0.05, 0) is 48.5 Å². The second-order valence-electron chi connectivity index (χ2n) is 8.44. The van der Waals surface area contributed by atoms with Crippen LogP contribution in [0.4, 0.5) is 0 Å². The first-order chi connectivity index (χ1) is 15.1. The average Bonchev–Trinajstić information content (AvgIpc) is 3.44. The highest BCUT2D eigenvalue weighted by molar-refractivity contribution is 6.30. The molecular weight excluding hydrogens is 416 g/mol. The Kier molecular flexibility index (Phi) is 5.85. The molecule has 1 aromatic carbocycles. The van der Waals surface area contributed by atoms with Crippen LogP contribution in [0.5, 0.6) is 0 Å². The molecular formula is C24H25ClN2O4. The summed E-state index contributed by atoms with van der Waals surface area (Å²) in [4.78, 5) is 17.6. The SMILES string of the molecule is O=C(OC1C2CN(Cc3ccco3)CC1CN(Cc1ccco1)C2)c1ccc(Cl)cc1. The molecule has 0 atom stereocenters. The number of likely N-dealkylation sites (tertiary alicyclic amines) is 2. The Balaban J connectivity index is 1.30. The van der Waals surface area contributed by atoms with Gasteiger partial charge in [-0.15, -0.1) is 0 Å². The Hall–Kier alpha value is -2.54. The number of esters is 1. The molecule has 5 rings (SSSR count). The highest BCUT2D eigenvalue weighted by Gasteiger charge is 2.44. The Labute approximate surface area is 186 Å². The monoisotopic (exact) mass is 440 g/mol. The van der Waals surface area contributed by atoms with Crippen molar-refractivity contribution in [3.05, 3.63) is 83.2 Å². The summed E-state index contributed by atoms with van der Waals surface area (Å²) in [6.07, 6.45) is 3.31. The van der Waals surface area contributed by atoms with E-state index in [1.54, 1.807) is 36.8 Å². The van der Waals surface area contributed by atoms with Gasteiger partial charge in [-0.1, -0.05) is 11.6 Å². The summed E-state index contributed by atoms with van der Waals surface area (Å²) in [5.74, 6) is 2.07. The maximum atomic E-state index is 12.8. The van der Waals surface area contributed by atoms with Crippen molar-refractivity contribution in [1.82, 2.24) is 9.80 Å². The van der Waals surface area contributed by atoms with E-state index < -0.39 is 0 Å². The van der Waals surface area contributed by atoms with E-state index in [4.69, 9.17) is 25.2 Å². The topological polar surface area (TPSA) is 59.1 Å². The van der Waals surface area contributed by atoms with Gasteiger partial charge in [0, 0.05) is 43.0 Å². The smallest absolute Gasteiger partial charge is 0.338 e. The van der Waals surface area contributed by atoms with Crippen LogP contribution in [0.15, 0.2) is 69.9 Å². The van der Waals surface area contributed by atoms with Crippen molar-refractivity contribution in [2.24, 2.45) is 11.8 Å². The normalized spacial score (nSPS) is 24.2. The Morgan fingerprint density at radius 3 is 1.84 bits per heavy atom. The number of ether oxygens (including phenoxy) is 1. The van der Waals surface area contributed by atoms with Crippen molar-refractivity contribution in [1.29, 1.82) is 0 Å². The van der Waals surface area contributed by atoms with Gasteiger partial charge in [-0.3, -0.25) is 9.80 Å². The lowest BCUT2D eigenvalue weighted by Gasteiger charge is -2.49. The third-order valence-corrected chi connectivity index (χ3v) is 6.39. The number of carbonyl (C=O) groups excluding carboxylic acids is 1. The van der Waals surface area contributed by atoms with Crippen LogP contribution in [-0.2, 0) is 17.8 Å². The molecule has 2 fully saturated rings. The third kappa shape index (κ3) is 4.71. The maximum absolute atomic E-state index is 12.8. The summed E-state index contributed by atoms with van der Waals surface area (Å²) in [6, 6.07) is 14.7. The summed E-state index contributed by atoms with van der Waals surface area (Å²) >= 11 is 5.96. The van der Waals surface area contributed by atoms with E-state index in [0.717, 1.165) is 50.8 Å². The summed E-state index contributed by atoms with van der Waals surface area (Å²) < 4.78 is 17.2. The van der Waals surface area contributed by atoms with Crippen LogP contribution in [0, 0.1) is 11.8 Å². The molecule has 0 amide bonds. The molecule has 4 heterocycles. The lowest BCUT2D eigenvalue weighted by Crippen LogP contribution is -2.60. The lowest BCUT2D eigenvalue weighted by atomic mass is 9.81.